The van der Waals surface area contributed by atoms with E-state index < -0.39 is 0 Å². The van der Waals surface area contributed by atoms with Crippen LogP contribution in [-0.2, 0) is 0 Å². The normalized spacial score (nSPS) is 17.0. The van der Waals surface area contributed by atoms with Crippen molar-refractivity contribution >= 4 is 11.6 Å². The minimum absolute atomic E-state index is 0.0797. The van der Waals surface area contributed by atoms with Gasteiger partial charge in [0.25, 0.3) is 5.91 Å². The van der Waals surface area contributed by atoms with Crippen LogP contribution in [0, 0.1) is 0 Å². The van der Waals surface area contributed by atoms with Gasteiger partial charge in [-0.05, 0) is 25.8 Å². The van der Waals surface area contributed by atoms with Gasteiger partial charge < -0.3 is 15.6 Å². The van der Waals surface area contributed by atoms with Gasteiger partial charge >= 0.3 is 0 Å². The van der Waals surface area contributed by atoms with E-state index in [9.17, 15) is 4.79 Å². The van der Waals surface area contributed by atoms with Crippen molar-refractivity contribution < 1.29 is 4.79 Å². The van der Waals surface area contributed by atoms with Gasteiger partial charge in [0, 0.05) is 24.5 Å². The molecule has 0 unspecified atom stereocenters. The third-order valence-electron chi connectivity index (χ3n) is 3.55. The number of nitrogens with zero attached hydrogens (tertiary/aromatic N) is 1. The second-order valence-corrected chi connectivity index (χ2v) is 4.73. The summed E-state index contributed by atoms with van der Waals surface area (Å²) in [6.07, 6.45) is 7.72. The molecule has 0 saturated heterocycles. The Morgan fingerprint density at radius 1 is 1.47 bits per heavy atom. The summed E-state index contributed by atoms with van der Waals surface area (Å²) in [5, 5.41) is 0. The van der Waals surface area contributed by atoms with Crippen LogP contribution in [0.15, 0.2) is 12.3 Å². The molecular weight excluding hydrogens is 214 g/mol. The van der Waals surface area contributed by atoms with Gasteiger partial charge in [-0.3, -0.25) is 4.79 Å². The highest BCUT2D eigenvalue weighted by Crippen LogP contribution is 2.23. The van der Waals surface area contributed by atoms with Gasteiger partial charge in [-0.25, -0.2) is 0 Å². The molecule has 0 aliphatic heterocycles. The molecular formula is C13H21N3O. The summed E-state index contributed by atoms with van der Waals surface area (Å²) < 4.78 is 0. The van der Waals surface area contributed by atoms with Crippen molar-refractivity contribution in [3.63, 3.8) is 0 Å². The molecule has 2 rings (SSSR count). The van der Waals surface area contributed by atoms with Gasteiger partial charge in [0.15, 0.2) is 0 Å². The molecule has 1 aromatic heterocycles. The van der Waals surface area contributed by atoms with Crippen LogP contribution in [0.4, 0.5) is 5.69 Å². The second kappa shape index (κ2) is 5.25. The molecule has 0 aromatic carbocycles. The molecule has 1 aliphatic carbocycles. The second-order valence-electron chi connectivity index (χ2n) is 4.73. The molecule has 0 radical (unpaired) electrons. The lowest BCUT2D eigenvalue weighted by Crippen LogP contribution is -2.41. The molecule has 3 N–H and O–H groups in total. The summed E-state index contributed by atoms with van der Waals surface area (Å²) in [7, 11) is 0. The fraction of sp³-hybridized carbons (Fsp3) is 0.615. The molecule has 1 aliphatic rings. The average molecular weight is 235 g/mol. The zero-order chi connectivity index (χ0) is 12.3. The molecule has 0 spiro atoms. The SMILES string of the molecule is CCN(C(=O)c1cc(N)c[nH]1)C1CCCCC1. The van der Waals surface area contributed by atoms with E-state index in [2.05, 4.69) is 4.98 Å². The number of hydrogen-bond acceptors (Lipinski definition) is 2. The van der Waals surface area contributed by atoms with Gasteiger partial charge in [-0.1, -0.05) is 19.3 Å². The zero-order valence-corrected chi connectivity index (χ0v) is 10.4. The summed E-state index contributed by atoms with van der Waals surface area (Å²) in [5.41, 5.74) is 6.86. The van der Waals surface area contributed by atoms with E-state index in [4.69, 9.17) is 5.73 Å². The standard InChI is InChI=1S/C13H21N3O/c1-2-16(11-6-4-3-5-7-11)13(17)12-8-10(14)9-15-12/h8-9,11,15H,2-7,14H2,1H3. The Bertz CT molecular complexity index is 380. The molecule has 1 heterocycles. The van der Waals surface area contributed by atoms with Crippen LogP contribution < -0.4 is 5.73 Å². The van der Waals surface area contributed by atoms with Gasteiger partial charge in [0.2, 0.25) is 0 Å². The monoisotopic (exact) mass is 235 g/mol. The van der Waals surface area contributed by atoms with Crippen LogP contribution in [0.2, 0.25) is 0 Å². The lowest BCUT2D eigenvalue weighted by atomic mass is 9.94. The molecule has 1 aromatic rings. The van der Waals surface area contributed by atoms with E-state index in [0.717, 1.165) is 19.4 Å². The number of amides is 1. The molecule has 1 amide bonds. The van der Waals surface area contributed by atoms with Crippen LogP contribution >= 0.6 is 0 Å². The van der Waals surface area contributed by atoms with Crippen molar-refractivity contribution in [2.75, 3.05) is 12.3 Å². The van der Waals surface area contributed by atoms with Gasteiger partial charge in [0.1, 0.15) is 5.69 Å². The highest BCUT2D eigenvalue weighted by atomic mass is 16.2. The van der Waals surface area contributed by atoms with Gasteiger partial charge in [-0.15, -0.1) is 0 Å². The third-order valence-corrected chi connectivity index (χ3v) is 3.55. The van der Waals surface area contributed by atoms with E-state index in [1.807, 2.05) is 11.8 Å². The fourth-order valence-electron chi connectivity index (χ4n) is 2.65. The van der Waals surface area contributed by atoms with Crippen molar-refractivity contribution in [1.29, 1.82) is 0 Å². The molecule has 4 nitrogen and oxygen atoms in total. The summed E-state index contributed by atoms with van der Waals surface area (Å²) in [6.45, 7) is 2.81. The first kappa shape index (κ1) is 12.0. The number of rotatable bonds is 3. The Labute approximate surface area is 102 Å². The first-order valence-corrected chi connectivity index (χ1v) is 6.47. The third kappa shape index (κ3) is 2.62. The molecule has 1 saturated carbocycles. The summed E-state index contributed by atoms with van der Waals surface area (Å²) >= 11 is 0. The molecule has 4 heteroatoms. The number of nitrogen functional groups attached to an aromatic ring is 1. The summed E-state index contributed by atoms with van der Waals surface area (Å²) in [4.78, 5) is 17.2. The highest BCUT2D eigenvalue weighted by Gasteiger charge is 2.25. The zero-order valence-electron chi connectivity index (χ0n) is 10.4. The topological polar surface area (TPSA) is 62.1 Å². The van der Waals surface area contributed by atoms with Crippen LogP contribution in [0.25, 0.3) is 0 Å². The average Bonchev–Trinajstić information content (AvgIpc) is 2.78. The Morgan fingerprint density at radius 3 is 2.71 bits per heavy atom. The first-order chi connectivity index (χ1) is 8.22. The summed E-state index contributed by atoms with van der Waals surface area (Å²) in [6, 6.07) is 2.12. The molecule has 0 atom stereocenters. The Hall–Kier alpha value is -1.45. The minimum Gasteiger partial charge on any atom is -0.397 e. The van der Waals surface area contributed by atoms with E-state index in [1.54, 1.807) is 12.3 Å². The number of carbonyl (C=O) groups excluding carboxylic acids is 1. The van der Waals surface area contributed by atoms with E-state index in [-0.39, 0.29) is 5.91 Å². The number of nitrogens with two attached hydrogens (primary N) is 1. The van der Waals surface area contributed by atoms with E-state index in [1.165, 1.54) is 19.3 Å². The fourth-order valence-corrected chi connectivity index (χ4v) is 2.65. The number of aromatic nitrogens is 1. The van der Waals surface area contributed by atoms with Crippen molar-refractivity contribution in [2.24, 2.45) is 0 Å². The van der Waals surface area contributed by atoms with Crippen molar-refractivity contribution in [1.82, 2.24) is 9.88 Å². The summed E-state index contributed by atoms with van der Waals surface area (Å²) in [5.74, 6) is 0.0797. The van der Waals surface area contributed by atoms with Gasteiger partial charge in [-0.2, -0.15) is 0 Å². The van der Waals surface area contributed by atoms with Crippen LogP contribution in [0.3, 0.4) is 0 Å². The lowest BCUT2D eigenvalue weighted by Gasteiger charge is -2.33. The van der Waals surface area contributed by atoms with Crippen molar-refractivity contribution in [2.45, 2.75) is 45.1 Å². The van der Waals surface area contributed by atoms with E-state index in [0.29, 0.717) is 17.4 Å². The van der Waals surface area contributed by atoms with Crippen LogP contribution in [0.1, 0.15) is 49.5 Å². The molecule has 1 fully saturated rings. The maximum absolute atomic E-state index is 12.3. The van der Waals surface area contributed by atoms with E-state index >= 15 is 0 Å². The maximum Gasteiger partial charge on any atom is 0.270 e. The largest absolute Gasteiger partial charge is 0.397 e. The number of hydrogen-bond donors (Lipinski definition) is 2. The highest BCUT2D eigenvalue weighted by molar-refractivity contribution is 5.93. The van der Waals surface area contributed by atoms with Crippen molar-refractivity contribution in [3.8, 4) is 0 Å². The predicted octanol–water partition coefficient (Wildman–Crippen LogP) is 2.39. The quantitative estimate of drug-likeness (QED) is 0.845. The molecule has 94 valence electrons. The predicted molar refractivity (Wildman–Crippen MR) is 68.8 cm³/mol. The van der Waals surface area contributed by atoms with Gasteiger partial charge in [0.05, 0.1) is 0 Å². The van der Waals surface area contributed by atoms with Crippen LogP contribution in [0.5, 0.6) is 0 Å². The first-order valence-electron chi connectivity index (χ1n) is 6.47. The molecule has 17 heavy (non-hydrogen) atoms. The number of carbonyl (C=O) groups is 1. The number of nitrogens with one attached hydrogen (secondary N) is 1. The lowest BCUT2D eigenvalue weighted by molar-refractivity contribution is 0.0642. The number of H-pyrrole nitrogens is 1. The smallest absolute Gasteiger partial charge is 0.270 e. The van der Waals surface area contributed by atoms with Crippen molar-refractivity contribution in [3.05, 3.63) is 18.0 Å². The maximum atomic E-state index is 12.3. The Balaban J connectivity index is 2.09. The Morgan fingerprint density at radius 2 is 2.18 bits per heavy atom. The Kier molecular flexibility index (Phi) is 3.71. The molecule has 0 bridgehead atoms. The number of aromatic amines is 1. The number of anilines is 1. The minimum atomic E-state index is 0.0797. The van der Waals surface area contributed by atoms with Crippen LogP contribution in [-0.4, -0.2) is 28.4 Å².